The molecule has 0 bridgehead atoms. The Morgan fingerprint density at radius 3 is 2.52 bits per heavy atom. The first-order valence-electron chi connectivity index (χ1n) is 9.19. The van der Waals surface area contributed by atoms with Crippen molar-refractivity contribution in [1.82, 2.24) is 15.2 Å². The summed E-state index contributed by atoms with van der Waals surface area (Å²) < 4.78 is 11.5. The number of hydrogen-bond donors (Lipinski definition) is 0. The Morgan fingerprint density at radius 2 is 1.81 bits per heavy atom. The Balaban J connectivity index is 1.58. The molecule has 4 rings (SSSR count). The summed E-state index contributed by atoms with van der Waals surface area (Å²) in [6.45, 7) is 6.92. The van der Waals surface area contributed by atoms with E-state index >= 15 is 0 Å². The number of fused-ring (bicyclic) bond motifs is 1. The Morgan fingerprint density at radius 1 is 1.04 bits per heavy atom. The van der Waals surface area contributed by atoms with E-state index in [9.17, 15) is 0 Å². The van der Waals surface area contributed by atoms with Gasteiger partial charge in [-0.25, -0.2) is 0 Å². The second kappa shape index (κ2) is 7.92. The molecule has 140 valence electrons. The molecule has 0 amide bonds. The van der Waals surface area contributed by atoms with Crippen LogP contribution in [0.15, 0.2) is 36.5 Å². The van der Waals surface area contributed by atoms with Gasteiger partial charge in [-0.3, -0.25) is 4.98 Å². The molecule has 1 aromatic carbocycles. The highest BCUT2D eigenvalue weighted by Gasteiger charge is 2.22. The number of ether oxygens (including phenoxy) is 2. The number of rotatable bonds is 6. The third-order valence-corrected chi connectivity index (χ3v) is 5.45. The molecule has 0 atom stereocenters. The average Bonchev–Trinajstić information content (AvgIpc) is 3.19. The Hall–Kier alpha value is -2.67. The predicted molar refractivity (Wildman–Crippen MR) is 107 cm³/mol. The lowest BCUT2D eigenvalue weighted by molar-refractivity contribution is 0.287. The molecule has 0 unspecified atom stereocenters. The molecule has 0 N–H and O–H groups in total. The zero-order valence-electron chi connectivity index (χ0n) is 15.5. The largest absolute Gasteiger partial charge is 0.490 e. The first kappa shape index (κ1) is 17.7. The number of anilines is 1. The number of hydrogen-bond acceptors (Lipinski definition) is 7. The fraction of sp³-hybridized carbons (Fsp3) is 0.350. The second-order valence-corrected chi connectivity index (χ2v) is 7.17. The maximum absolute atomic E-state index is 5.78. The molecule has 0 saturated heterocycles. The molecule has 0 spiro atoms. The van der Waals surface area contributed by atoms with Crippen molar-refractivity contribution >= 4 is 16.5 Å². The fourth-order valence-electron chi connectivity index (χ4n) is 3.20. The summed E-state index contributed by atoms with van der Waals surface area (Å²) in [4.78, 5) is 6.63. The Labute approximate surface area is 162 Å². The van der Waals surface area contributed by atoms with E-state index in [0.717, 1.165) is 46.8 Å². The number of pyridine rings is 1. The van der Waals surface area contributed by atoms with Crippen LogP contribution in [0.5, 0.6) is 11.5 Å². The van der Waals surface area contributed by atoms with Gasteiger partial charge in [-0.2, -0.15) is 0 Å². The summed E-state index contributed by atoms with van der Waals surface area (Å²) in [7, 11) is 0. The minimum absolute atomic E-state index is 0.617. The topological polar surface area (TPSA) is 60.4 Å². The van der Waals surface area contributed by atoms with E-state index in [1.807, 2.05) is 32.0 Å². The van der Waals surface area contributed by atoms with Crippen LogP contribution in [-0.4, -0.2) is 34.9 Å². The first-order chi connectivity index (χ1) is 13.3. The molecule has 27 heavy (non-hydrogen) atoms. The van der Waals surface area contributed by atoms with Crippen molar-refractivity contribution in [2.24, 2.45) is 0 Å². The molecule has 0 fully saturated rings. The lowest BCUT2D eigenvalue weighted by atomic mass is 9.99. The van der Waals surface area contributed by atoms with Gasteiger partial charge >= 0.3 is 0 Å². The van der Waals surface area contributed by atoms with Crippen molar-refractivity contribution < 1.29 is 9.47 Å². The van der Waals surface area contributed by atoms with Crippen LogP contribution >= 0.6 is 11.3 Å². The summed E-state index contributed by atoms with van der Waals surface area (Å²) in [5.41, 5.74) is 3.43. The van der Waals surface area contributed by atoms with Crippen molar-refractivity contribution in [3.63, 3.8) is 0 Å². The SMILES string of the molecule is CCOc1cc2c(cc1OCC)CN(c1nnc(-c3ccccn3)s1)CC2. The molecule has 0 radical (unpaired) electrons. The lowest BCUT2D eigenvalue weighted by Crippen LogP contribution is -2.30. The van der Waals surface area contributed by atoms with Crippen LogP contribution in [0.1, 0.15) is 25.0 Å². The normalized spacial score (nSPS) is 13.3. The third kappa shape index (κ3) is 3.73. The van der Waals surface area contributed by atoms with Crippen molar-refractivity contribution in [2.75, 3.05) is 24.7 Å². The highest BCUT2D eigenvalue weighted by molar-refractivity contribution is 7.18. The minimum Gasteiger partial charge on any atom is -0.490 e. The summed E-state index contributed by atoms with van der Waals surface area (Å²) >= 11 is 1.58. The molecule has 2 aromatic heterocycles. The van der Waals surface area contributed by atoms with Gasteiger partial charge in [0.2, 0.25) is 5.13 Å². The first-order valence-corrected chi connectivity index (χ1v) is 10.0. The molecule has 1 aliphatic rings. The van der Waals surface area contributed by atoms with E-state index in [1.54, 1.807) is 17.5 Å². The number of aromatic nitrogens is 3. The van der Waals surface area contributed by atoms with Gasteiger partial charge in [-0.05, 0) is 55.7 Å². The van der Waals surface area contributed by atoms with Gasteiger partial charge in [0.1, 0.15) is 5.69 Å². The minimum atomic E-state index is 0.617. The van der Waals surface area contributed by atoms with Crippen molar-refractivity contribution in [3.05, 3.63) is 47.7 Å². The van der Waals surface area contributed by atoms with Crippen LogP contribution in [0.25, 0.3) is 10.7 Å². The van der Waals surface area contributed by atoms with Crippen LogP contribution in [0, 0.1) is 0 Å². The predicted octanol–water partition coefficient (Wildman–Crippen LogP) is 3.96. The molecular weight excluding hydrogens is 360 g/mol. The molecule has 6 nitrogen and oxygen atoms in total. The van der Waals surface area contributed by atoms with Crippen LogP contribution in [0.3, 0.4) is 0 Å². The Bertz CT molecular complexity index is 914. The molecule has 3 aromatic rings. The van der Waals surface area contributed by atoms with E-state index in [0.29, 0.717) is 13.2 Å². The molecule has 7 heteroatoms. The van der Waals surface area contributed by atoms with Gasteiger partial charge in [0.25, 0.3) is 0 Å². The van der Waals surface area contributed by atoms with Gasteiger partial charge in [-0.15, -0.1) is 10.2 Å². The van der Waals surface area contributed by atoms with E-state index < -0.39 is 0 Å². The summed E-state index contributed by atoms with van der Waals surface area (Å²) in [5.74, 6) is 1.64. The average molecular weight is 382 g/mol. The smallest absolute Gasteiger partial charge is 0.208 e. The number of nitrogens with zero attached hydrogens (tertiary/aromatic N) is 4. The lowest BCUT2D eigenvalue weighted by Gasteiger charge is -2.29. The molecule has 1 aliphatic heterocycles. The summed E-state index contributed by atoms with van der Waals surface area (Å²) in [5, 5.41) is 10.5. The molecular formula is C20H22N4O2S. The van der Waals surface area contributed by atoms with Gasteiger partial charge in [0, 0.05) is 19.3 Å². The van der Waals surface area contributed by atoms with Gasteiger partial charge in [-0.1, -0.05) is 17.4 Å². The molecule has 0 aliphatic carbocycles. The van der Waals surface area contributed by atoms with E-state index in [-0.39, 0.29) is 0 Å². The van der Waals surface area contributed by atoms with Crippen molar-refractivity contribution in [2.45, 2.75) is 26.8 Å². The van der Waals surface area contributed by atoms with E-state index in [4.69, 9.17) is 9.47 Å². The Kier molecular flexibility index (Phi) is 5.20. The van der Waals surface area contributed by atoms with Crippen LogP contribution in [-0.2, 0) is 13.0 Å². The van der Waals surface area contributed by atoms with E-state index in [1.165, 1.54) is 11.1 Å². The standard InChI is InChI=1S/C20H22N4O2S/c1-3-25-17-11-14-8-10-24(13-15(14)12-18(17)26-4-2)20-23-22-19(27-20)16-7-5-6-9-21-16/h5-7,9,11-12H,3-4,8,10,13H2,1-2H3. The summed E-state index contributed by atoms with van der Waals surface area (Å²) in [6.07, 6.45) is 2.72. The fourth-order valence-corrected chi connectivity index (χ4v) is 4.05. The van der Waals surface area contributed by atoms with Crippen LogP contribution in [0.2, 0.25) is 0 Å². The van der Waals surface area contributed by atoms with Gasteiger partial charge in [0.05, 0.1) is 13.2 Å². The molecule has 0 saturated carbocycles. The van der Waals surface area contributed by atoms with Crippen LogP contribution in [0.4, 0.5) is 5.13 Å². The maximum atomic E-state index is 5.78. The zero-order valence-corrected chi connectivity index (χ0v) is 16.3. The maximum Gasteiger partial charge on any atom is 0.208 e. The van der Waals surface area contributed by atoms with Crippen LogP contribution < -0.4 is 14.4 Å². The van der Waals surface area contributed by atoms with Crippen molar-refractivity contribution in [1.29, 1.82) is 0 Å². The van der Waals surface area contributed by atoms with Crippen molar-refractivity contribution in [3.8, 4) is 22.2 Å². The second-order valence-electron chi connectivity index (χ2n) is 6.21. The quantitative estimate of drug-likeness (QED) is 0.643. The molecule has 3 heterocycles. The van der Waals surface area contributed by atoms with Gasteiger partial charge < -0.3 is 14.4 Å². The number of benzene rings is 1. The third-order valence-electron chi connectivity index (χ3n) is 4.45. The van der Waals surface area contributed by atoms with Gasteiger partial charge in [0.15, 0.2) is 16.5 Å². The highest BCUT2D eigenvalue weighted by Crippen LogP contribution is 2.36. The summed E-state index contributed by atoms with van der Waals surface area (Å²) in [6, 6.07) is 10.1. The van der Waals surface area contributed by atoms with E-state index in [2.05, 4.69) is 32.2 Å². The monoisotopic (exact) mass is 382 g/mol. The zero-order chi connectivity index (χ0) is 18.6. The highest BCUT2D eigenvalue weighted by atomic mass is 32.1.